The number of aromatic nitrogens is 1. The van der Waals surface area contributed by atoms with Gasteiger partial charge in [-0.05, 0) is 56.6 Å². The summed E-state index contributed by atoms with van der Waals surface area (Å²) in [4.78, 5) is 21.0. The Morgan fingerprint density at radius 1 is 1.07 bits per heavy atom. The van der Waals surface area contributed by atoms with E-state index in [4.69, 9.17) is 4.98 Å². The predicted octanol–water partition coefficient (Wildman–Crippen LogP) is 5.52. The molecule has 0 saturated heterocycles. The van der Waals surface area contributed by atoms with Crippen LogP contribution in [0, 0.1) is 26.6 Å². The van der Waals surface area contributed by atoms with Crippen LogP contribution in [0.2, 0.25) is 0 Å². The van der Waals surface area contributed by atoms with Crippen molar-refractivity contribution in [1.29, 1.82) is 0 Å². The Hall–Kier alpha value is -2.57. The van der Waals surface area contributed by atoms with Gasteiger partial charge in [-0.25, -0.2) is 9.37 Å². The van der Waals surface area contributed by atoms with Gasteiger partial charge in [0, 0.05) is 25.4 Å². The zero-order valence-electron chi connectivity index (χ0n) is 17.5. The summed E-state index contributed by atoms with van der Waals surface area (Å²) in [6, 6.07) is 10.7. The average Bonchev–Trinajstić information content (AvgIpc) is 3.07. The fourth-order valence-corrected chi connectivity index (χ4v) is 4.48. The summed E-state index contributed by atoms with van der Waals surface area (Å²) in [7, 11) is 2.00. The van der Waals surface area contributed by atoms with Crippen molar-refractivity contribution in [1.82, 2.24) is 9.88 Å². The largest absolute Gasteiger partial charge is 0.296 e. The molecule has 0 aliphatic carbocycles. The van der Waals surface area contributed by atoms with Crippen LogP contribution in [0.1, 0.15) is 34.9 Å². The molecule has 2 aromatic carbocycles. The van der Waals surface area contributed by atoms with E-state index in [0.717, 1.165) is 28.1 Å². The third-order valence-corrected chi connectivity index (χ3v) is 5.58. The number of carbonyl (C=O) groups excluding carboxylic acids is 1. The third-order valence-electron chi connectivity index (χ3n) is 4.70. The minimum absolute atomic E-state index is 0.0550. The van der Waals surface area contributed by atoms with Gasteiger partial charge in [-0.2, -0.15) is 0 Å². The number of hydrogen-bond acceptors (Lipinski definition) is 4. The fraction of sp³-hybridized carbons (Fsp3) is 0.304. The van der Waals surface area contributed by atoms with E-state index in [2.05, 4.69) is 24.0 Å². The summed E-state index contributed by atoms with van der Waals surface area (Å²) in [5.74, 6) is -0.285. The maximum absolute atomic E-state index is 13.1. The summed E-state index contributed by atoms with van der Waals surface area (Å²) in [6.45, 7) is 9.01. The van der Waals surface area contributed by atoms with E-state index in [0.29, 0.717) is 18.2 Å². The molecule has 3 aromatic rings. The number of halogens is 1. The molecule has 1 heterocycles. The predicted molar refractivity (Wildman–Crippen MR) is 117 cm³/mol. The quantitative estimate of drug-likeness (QED) is 0.536. The van der Waals surface area contributed by atoms with Crippen molar-refractivity contribution < 1.29 is 9.18 Å². The second kappa shape index (κ2) is 8.84. The zero-order valence-corrected chi connectivity index (χ0v) is 18.3. The summed E-state index contributed by atoms with van der Waals surface area (Å²) in [5.41, 5.74) is 6.15. The van der Waals surface area contributed by atoms with Crippen molar-refractivity contribution in [2.24, 2.45) is 0 Å². The molecule has 0 aliphatic rings. The van der Waals surface area contributed by atoms with Crippen LogP contribution in [-0.4, -0.2) is 22.8 Å². The van der Waals surface area contributed by atoms with Gasteiger partial charge in [-0.15, -0.1) is 11.3 Å². The maximum atomic E-state index is 13.1. The molecule has 0 aliphatic heterocycles. The Labute approximate surface area is 175 Å². The second-order valence-electron chi connectivity index (χ2n) is 7.52. The van der Waals surface area contributed by atoms with Crippen LogP contribution >= 0.6 is 11.3 Å². The Bertz CT molecular complexity index is 990. The topological polar surface area (TPSA) is 36.4 Å². The van der Waals surface area contributed by atoms with Crippen molar-refractivity contribution in [3.05, 3.63) is 75.5 Å². The molecule has 1 aromatic heterocycles. The molecule has 1 amide bonds. The number of benzene rings is 2. The lowest BCUT2D eigenvalue weighted by molar-refractivity contribution is -0.115. The highest BCUT2D eigenvalue weighted by Gasteiger charge is 2.22. The summed E-state index contributed by atoms with van der Waals surface area (Å²) < 4.78 is 13.1. The molecule has 0 radical (unpaired) electrons. The molecule has 0 fully saturated rings. The average molecular weight is 412 g/mol. The van der Waals surface area contributed by atoms with E-state index >= 15 is 0 Å². The van der Waals surface area contributed by atoms with Gasteiger partial charge in [0.15, 0.2) is 5.13 Å². The van der Waals surface area contributed by atoms with Gasteiger partial charge in [0.1, 0.15) is 5.82 Å². The van der Waals surface area contributed by atoms with E-state index < -0.39 is 0 Å². The normalized spacial score (nSPS) is 11.1. The van der Waals surface area contributed by atoms with Gasteiger partial charge in [0.05, 0.1) is 11.4 Å². The molecule has 0 saturated carbocycles. The fourth-order valence-electron chi connectivity index (χ4n) is 3.62. The Balaban J connectivity index is 1.79. The first-order chi connectivity index (χ1) is 13.7. The highest BCUT2D eigenvalue weighted by atomic mass is 32.1. The number of hydrogen-bond donors (Lipinski definition) is 0. The number of aryl methyl sites for hydroxylation is 3. The van der Waals surface area contributed by atoms with Gasteiger partial charge < -0.3 is 0 Å². The SMILES string of the molecule is CC(=O)N(c1nc(CN(C)Cc2ccc(F)cc2)cs1)c1c(C)cc(C)cc1C. The number of rotatable bonds is 6. The first-order valence-corrected chi connectivity index (χ1v) is 10.4. The lowest BCUT2D eigenvalue weighted by atomic mass is 10.0. The molecule has 0 spiro atoms. The maximum Gasteiger partial charge on any atom is 0.230 e. The molecule has 3 rings (SSSR count). The summed E-state index contributed by atoms with van der Waals surface area (Å²) in [5, 5.41) is 2.67. The zero-order chi connectivity index (χ0) is 21.1. The lowest BCUT2D eigenvalue weighted by Gasteiger charge is -2.23. The van der Waals surface area contributed by atoms with Crippen molar-refractivity contribution in [3.63, 3.8) is 0 Å². The van der Waals surface area contributed by atoms with Gasteiger partial charge in [0.25, 0.3) is 0 Å². The van der Waals surface area contributed by atoms with Gasteiger partial charge in [-0.3, -0.25) is 14.6 Å². The number of thiazole rings is 1. The van der Waals surface area contributed by atoms with Crippen LogP contribution in [-0.2, 0) is 17.9 Å². The van der Waals surface area contributed by atoms with Crippen LogP contribution in [0.3, 0.4) is 0 Å². The van der Waals surface area contributed by atoms with E-state index in [-0.39, 0.29) is 11.7 Å². The molecular formula is C23H26FN3OS. The second-order valence-corrected chi connectivity index (χ2v) is 8.36. The number of amides is 1. The number of nitrogens with zero attached hydrogens (tertiary/aromatic N) is 3. The minimum Gasteiger partial charge on any atom is -0.296 e. The molecule has 0 atom stereocenters. The van der Waals surface area contributed by atoms with Gasteiger partial charge in [0.2, 0.25) is 5.91 Å². The van der Waals surface area contributed by atoms with Crippen LogP contribution < -0.4 is 4.90 Å². The smallest absolute Gasteiger partial charge is 0.230 e. The Morgan fingerprint density at radius 3 is 2.28 bits per heavy atom. The first kappa shape index (κ1) is 21.1. The summed E-state index contributed by atoms with van der Waals surface area (Å²) >= 11 is 1.47. The van der Waals surface area contributed by atoms with Gasteiger partial charge in [-0.1, -0.05) is 29.8 Å². The van der Waals surface area contributed by atoms with E-state index in [1.54, 1.807) is 24.0 Å². The molecule has 0 unspecified atom stereocenters. The van der Waals surface area contributed by atoms with Crippen LogP contribution in [0.25, 0.3) is 0 Å². The third kappa shape index (κ3) is 5.08. The number of carbonyl (C=O) groups is 1. The first-order valence-electron chi connectivity index (χ1n) is 9.50. The highest BCUT2D eigenvalue weighted by Crippen LogP contribution is 2.34. The molecule has 4 nitrogen and oxygen atoms in total. The van der Waals surface area contributed by atoms with Gasteiger partial charge >= 0.3 is 0 Å². The standard InChI is InChI=1S/C23H26FN3OS/c1-15-10-16(2)22(17(3)11-15)27(18(4)28)23-25-21(14-29-23)13-26(5)12-19-6-8-20(24)9-7-19/h6-11,14H,12-13H2,1-5H3. The lowest BCUT2D eigenvalue weighted by Crippen LogP contribution is -2.24. The molecule has 0 N–H and O–H groups in total. The molecule has 29 heavy (non-hydrogen) atoms. The molecule has 0 bridgehead atoms. The molecular weight excluding hydrogens is 385 g/mol. The van der Waals surface area contributed by atoms with E-state index in [9.17, 15) is 9.18 Å². The van der Waals surface area contributed by atoms with Crippen molar-refractivity contribution in [3.8, 4) is 0 Å². The molecule has 6 heteroatoms. The van der Waals surface area contributed by atoms with E-state index in [1.165, 1.54) is 29.0 Å². The number of anilines is 2. The minimum atomic E-state index is -0.230. The Kier molecular flexibility index (Phi) is 6.45. The van der Waals surface area contributed by atoms with Crippen LogP contribution in [0.5, 0.6) is 0 Å². The summed E-state index contributed by atoms with van der Waals surface area (Å²) in [6.07, 6.45) is 0. The highest BCUT2D eigenvalue weighted by molar-refractivity contribution is 7.14. The monoisotopic (exact) mass is 411 g/mol. The van der Waals surface area contributed by atoms with Crippen molar-refractivity contribution >= 4 is 28.1 Å². The van der Waals surface area contributed by atoms with Crippen molar-refractivity contribution in [2.45, 2.75) is 40.8 Å². The van der Waals surface area contributed by atoms with Crippen molar-refractivity contribution in [2.75, 3.05) is 11.9 Å². The van der Waals surface area contributed by atoms with Crippen LogP contribution in [0.4, 0.5) is 15.2 Å². The van der Waals surface area contributed by atoms with E-state index in [1.807, 2.05) is 26.3 Å². The van der Waals surface area contributed by atoms with Crippen LogP contribution in [0.15, 0.2) is 41.8 Å². The molecule has 152 valence electrons. The Morgan fingerprint density at radius 2 is 1.69 bits per heavy atom.